The first-order valence-electron chi connectivity index (χ1n) is 6.86. The average molecular weight is 277 g/mol. The summed E-state index contributed by atoms with van der Waals surface area (Å²) in [4.78, 5) is 8.98. The Hall–Kier alpha value is -1.82. The van der Waals surface area contributed by atoms with E-state index in [0.717, 1.165) is 31.1 Å². The van der Waals surface area contributed by atoms with Crippen LogP contribution in [0.3, 0.4) is 0 Å². The highest BCUT2D eigenvalue weighted by Crippen LogP contribution is 2.21. The lowest BCUT2D eigenvalue weighted by Gasteiger charge is -2.24. The minimum atomic E-state index is 0.0999. The normalized spacial score (nSPS) is 20.4. The molecule has 1 aromatic heterocycles. The van der Waals surface area contributed by atoms with Gasteiger partial charge in [-0.05, 0) is 45.0 Å². The van der Waals surface area contributed by atoms with Crippen molar-refractivity contribution in [2.45, 2.75) is 13.3 Å². The lowest BCUT2D eigenvalue weighted by atomic mass is 10.1. The number of oxime groups is 1. The third kappa shape index (κ3) is 3.19. The lowest BCUT2D eigenvalue weighted by molar-refractivity contribution is 0.318. The van der Waals surface area contributed by atoms with Gasteiger partial charge in [-0.2, -0.15) is 0 Å². The Kier molecular flexibility index (Phi) is 4.44. The van der Waals surface area contributed by atoms with Gasteiger partial charge in [0.2, 0.25) is 0 Å². The summed E-state index contributed by atoms with van der Waals surface area (Å²) < 4.78 is 0. The zero-order chi connectivity index (χ0) is 14.7. The summed E-state index contributed by atoms with van der Waals surface area (Å²) in [7, 11) is 4.15. The van der Waals surface area contributed by atoms with E-state index >= 15 is 0 Å². The van der Waals surface area contributed by atoms with Crippen LogP contribution in [0.1, 0.15) is 17.7 Å². The molecule has 1 aliphatic rings. The molecule has 0 aromatic carbocycles. The van der Waals surface area contributed by atoms with Crippen LogP contribution < -0.4 is 10.6 Å². The van der Waals surface area contributed by atoms with Gasteiger partial charge in [0.05, 0.1) is 5.56 Å². The summed E-state index contributed by atoms with van der Waals surface area (Å²) >= 11 is 0. The van der Waals surface area contributed by atoms with Crippen molar-refractivity contribution in [3.8, 4) is 0 Å². The minimum Gasteiger partial charge on any atom is -0.409 e. The molecule has 1 saturated heterocycles. The Morgan fingerprint density at radius 1 is 1.60 bits per heavy atom. The molecule has 1 atom stereocenters. The Balaban J connectivity index is 2.19. The van der Waals surface area contributed by atoms with Crippen molar-refractivity contribution in [3.63, 3.8) is 0 Å². The molecule has 0 aliphatic carbocycles. The topological polar surface area (TPSA) is 78.0 Å². The van der Waals surface area contributed by atoms with Gasteiger partial charge in [-0.15, -0.1) is 0 Å². The van der Waals surface area contributed by atoms with Crippen LogP contribution in [0.2, 0.25) is 0 Å². The van der Waals surface area contributed by atoms with Crippen molar-refractivity contribution in [2.75, 3.05) is 38.6 Å². The Labute approximate surface area is 119 Å². The second-order valence-corrected chi connectivity index (χ2v) is 5.61. The third-order valence-electron chi connectivity index (χ3n) is 3.78. The van der Waals surface area contributed by atoms with E-state index in [0.29, 0.717) is 11.5 Å². The summed E-state index contributed by atoms with van der Waals surface area (Å²) in [6.07, 6.45) is 1.20. The number of aromatic nitrogens is 1. The number of likely N-dealkylation sites (tertiary alicyclic amines) is 1. The van der Waals surface area contributed by atoms with Gasteiger partial charge in [-0.25, -0.2) is 4.98 Å². The summed E-state index contributed by atoms with van der Waals surface area (Å²) in [6.45, 7) is 5.12. The van der Waals surface area contributed by atoms with E-state index in [4.69, 9.17) is 10.9 Å². The zero-order valence-corrected chi connectivity index (χ0v) is 12.4. The molecule has 0 radical (unpaired) electrons. The molecule has 0 spiro atoms. The average Bonchev–Trinajstić information content (AvgIpc) is 2.83. The SMILES string of the molecule is Cc1ccc(C(N)=NO)c(N(C)CC2CCN(C)C2)n1. The molecule has 2 rings (SSSR count). The van der Waals surface area contributed by atoms with Gasteiger partial charge in [0.1, 0.15) is 5.82 Å². The van der Waals surface area contributed by atoms with Crippen LogP contribution in [0.25, 0.3) is 0 Å². The number of anilines is 1. The van der Waals surface area contributed by atoms with Crippen molar-refractivity contribution in [2.24, 2.45) is 16.8 Å². The highest BCUT2D eigenvalue weighted by molar-refractivity contribution is 6.01. The molecule has 1 aromatic rings. The maximum absolute atomic E-state index is 8.89. The van der Waals surface area contributed by atoms with Crippen LogP contribution in [0.5, 0.6) is 0 Å². The predicted octanol–water partition coefficient (Wildman–Crippen LogP) is 0.872. The van der Waals surface area contributed by atoms with E-state index in [9.17, 15) is 0 Å². The van der Waals surface area contributed by atoms with Crippen molar-refractivity contribution in [1.29, 1.82) is 0 Å². The standard InChI is InChI=1S/C14H23N5O/c1-10-4-5-12(13(15)17-20)14(16-10)19(3)9-11-6-7-18(2)8-11/h4-5,11,20H,6-9H2,1-3H3,(H2,15,17). The predicted molar refractivity (Wildman–Crippen MR) is 80.4 cm³/mol. The van der Waals surface area contributed by atoms with Crippen molar-refractivity contribution in [3.05, 3.63) is 23.4 Å². The highest BCUT2D eigenvalue weighted by Gasteiger charge is 2.22. The van der Waals surface area contributed by atoms with E-state index in [1.54, 1.807) is 0 Å². The molecule has 2 heterocycles. The van der Waals surface area contributed by atoms with Crippen LogP contribution in [0, 0.1) is 12.8 Å². The second kappa shape index (κ2) is 6.09. The zero-order valence-electron chi connectivity index (χ0n) is 12.4. The maximum Gasteiger partial charge on any atom is 0.173 e. The number of pyridine rings is 1. The van der Waals surface area contributed by atoms with Crippen molar-refractivity contribution in [1.82, 2.24) is 9.88 Å². The lowest BCUT2D eigenvalue weighted by Crippen LogP contribution is -2.30. The Bertz CT molecular complexity index is 502. The molecule has 3 N–H and O–H groups in total. The molecule has 1 fully saturated rings. The number of nitrogens with two attached hydrogens (primary N) is 1. The molecule has 20 heavy (non-hydrogen) atoms. The fraction of sp³-hybridized carbons (Fsp3) is 0.571. The van der Waals surface area contributed by atoms with Crippen LogP contribution in [0.15, 0.2) is 17.3 Å². The van der Waals surface area contributed by atoms with E-state index in [-0.39, 0.29) is 5.84 Å². The first kappa shape index (κ1) is 14.6. The van der Waals surface area contributed by atoms with E-state index in [1.165, 1.54) is 6.42 Å². The molecule has 0 amide bonds. The Morgan fingerprint density at radius 2 is 2.35 bits per heavy atom. The maximum atomic E-state index is 8.89. The van der Waals surface area contributed by atoms with Gasteiger partial charge < -0.3 is 20.7 Å². The molecule has 1 aliphatic heterocycles. The van der Waals surface area contributed by atoms with E-state index in [2.05, 4.69) is 27.0 Å². The first-order valence-corrected chi connectivity index (χ1v) is 6.86. The molecule has 110 valence electrons. The molecule has 1 unspecified atom stereocenters. The van der Waals surface area contributed by atoms with Gasteiger partial charge in [0.15, 0.2) is 5.84 Å². The summed E-state index contributed by atoms with van der Waals surface area (Å²) in [5.41, 5.74) is 7.33. The fourth-order valence-corrected chi connectivity index (χ4v) is 2.74. The van der Waals surface area contributed by atoms with Crippen molar-refractivity contribution < 1.29 is 5.21 Å². The number of amidine groups is 1. The number of hydrogen-bond acceptors (Lipinski definition) is 5. The number of rotatable bonds is 4. The first-order chi connectivity index (χ1) is 9.51. The minimum absolute atomic E-state index is 0.0999. The molecular formula is C14H23N5O. The van der Waals surface area contributed by atoms with Gasteiger partial charge in [0, 0.05) is 25.8 Å². The van der Waals surface area contributed by atoms with Gasteiger partial charge in [-0.3, -0.25) is 0 Å². The molecule has 6 heteroatoms. The molecule has 0 saturated carbocycles. The number of hydrogen-bond donors (Lipinski definition) is 2. The quantitative estimate of drug-likeness (QED) is 0.369. The summed E-state index contributed by atoms with van der Waals surface area (Å²) in [5.74, 6) is 1.50. The van der Waals surface area contributed by atoms with E-state index < -0.39 is 0 Å². The molecular weight excluding hydrogens is 254 g/mol. The van der Waals surface area contributed by atoms with Crippen LogP contribution in [0.4, 0.5) is 5.82 Å². The molecule has 0 bridgehead atoms. The fourth-order valence-electron chi connectivity index (χ4n) is 2.74. The summed E-state index contributed by atoms with van der Waals surface area (Å²) in [6, 6.07) is 3.72. The van der Waals surface area contributed by atoms with Gasteiger partial charge >= 0.3 is 0 Å². The highest BCUT2D eigenvalue weighted by atomic mass is 16.4. The number of aryl methyl sites for hydroxylation is 1. The Morgan fingerprint density at radius 3 is 2.95 bits per heavy atom. The van der Waals surface area contributed by atoms with Gasteiger partial charge in [0.25, 0.3) is 0 Å². The summed E-state index contributed by atoms with van der Waals surface area (Å²) in [5, 5.41) is 12.0. The monoisotopic (exact) mass is 277 g/mol. The van der Waals surface area contributed by atoms with E-state index in [1.807, 2.05) is 26.1 Å². The second-order valence-electron chi connectivity index (χ2n) is 5.61. The third-order valence-corrected chi connectivity index (χ3v) is 3.78. The number of nitrogens with zero attached hydrogens (tertiary/aromatic N) is 4. The van der Waals surface area contributed by atoms with Crippen molar-refractivity contribution >= 4 is 11.7 Å². The van der Waals surface area contributed by atoms with Crippen LogP contribution in [-0.2, 0) is 0 Å². The van der Waals surface area contributed by atoms with Crippen LogP contribution in [-0.4, -0.2) is 54.7 Å². The van der Waals surface area contributed by atoms with Gasteiger partial charge in [-0.1, -0.05) is 5.16 Å². The smallest absolute Gasteiger partial charge is 0.173 e. The molecule has 6 nitrogen and oxygen atoms in total. The largest absolute Gasteiger partial charge is 0.409 e. The van der Waals surface area contributed by atoms with Crippen LogP contribution >= 0.6 is 0 Å².